The van der Waals surface area contributed by atoms with Crippen molar-refractivity contribution in [1.82, 2.24) is 9.71 Å². The third-order valence-corrected chi connectivity index (χ3v) is 4.45. The first-order valence-electron chi connectivity index (χ1n) is 6.26. The summed E-state index contributed by atoms with van der Waals surface area (Å²) >= 11 is 0. The second kappa shape index (κ2) is 5.24. The molecule has 0 spiro atoms. The fourth-order valence-corrected chi connectivity index (χ4v) is 3.21. The normalized spacial score (nSPS) is 22.8. The Kier molecular flexibility index (Phi) is 3.87. The summed E-state index contributed by atoms with van der Waals surface area (Å²) in [5, 5.41) is 3.19. The van der Waals surface area contributed by atoms with Crippen molar-refractivity contribution in [2.45, 2.75) is 37.8 Å². The van der Waals surface area contributed by atoms with Gasteiger partial charge in [0.2, 0.25) is 0 Å². The van der Waals surface area contributed by atoms with Gasteiger partial charge in [0.25, 0.3) is 10.0 Å². The molecule has 0 amide bonds. The van der Waals surface area contributed by atoms with Crippen molar-refractivity contribution >= 4 is 15.7 Å². The van der Waals surface area contributed by atoms with E-state index in [4.69, 9.17) is 0 Å². The van der Waals surface area contributed by atoms with Gasteiger partial charge in [-0.15, -0.1) is 0 Å². The smallest absolute Gasteiger partial charge is 0.260 e. The Morgan fingerprint density at radius 3 is 2.83 bits per heavy atom. The van der Waals surface area contributed by atoms with Crippen molar-refractivity contribution in [3.63, 3.8) is 0 Å². The zero-order valence-corrected chi connectivity index (χ0v) is 11.5. The molecule has 1 aliphatic rings. The fraction of sp³-hybridized carbons (Fsp3) is 0.583. The Bertz CT molecular complexity index is 516. The molecule has 1 heterocycles. The third-order valence-electron chi connectivity index (χ3n) is 3.01. The molecule has 1 fully saturated rings. The van der Waals surface area contributed by atoms with Gasteiger partial charge in [-0.1, -0.05) is 13.8 Å². The Morgan fingerprint density at radius 1 is 1.50 bits per heavy atom. The number of hydrogen-bond acceptors (Lipinski definition) is 4. The lowest BCUT2D eigenvalue weighted by Crippen LogP contribution is -2.28. The minimum Gasteiger partial charge on any atom is -0.383 e. The van der Waals surface area contributed by atoms with E-state index in [1.54, 1.807) is 12.1 Å². The molecule has 2 rings (SSSR count). The minimum atomic E-state index is -3.51. The monoisotopic (exact) mass is 269 g/mol. The molecule has 5 nitrogen and oxygen atoms in total. The Morgan fingerprint density at radius 2 is 2.22 bits per heavy atom. The minimum absolute atomic E-state index is 0.0658. The Labute approximate surface area is 108 Å². The van der Waals surface area contributed by atoms with Gasteiger partial charge in [-0.3, -0.25) is 0 Å². The largest absolute Gasteiger partial charge is 0.383 e. The summed E-state index contributed by atoms with van der Waals surface area (Å²) in [5.74, 6) is 0.426. The Balaban J connectivity index is 2.20. The molecule has 0 aromatic carbocycles. The van der Waals surface area contributed by atoms with Crippen molar-refractivity contribution in [3.05, 3.63) is 18.3 Å². The summed E-state index contributed by atoms with van der Waals surface area (Å²) in [4.78, 5) is 4.00. The van der Waals surface area contributed by atoms with Gasteiger partial charge in [-0.2, -0.15) is 0 Å². The molecule has 1 aromatic heterocycles. The summed E-state index contributed by atoms with van der Waals surface area (Å²) in [6, 6.07) is 3.54. The van der Waals surface area contributed by atoms with Crippen molar-refractivity contribution < 1.29 is 8.42 Å². The first-order chi connectivity index (χ1) is 8.54. The molecular weight excluding hydrogens is 250 g/mol. The second-order valence-corrected chi connectivity index (χ2v) is 6.35. The standard InChI is InChI=1S/C12H19N3O2S/c1-3-6-13-10-5-4-7-14-12(10)18(16,17)15-11-8-9(11)2/h4-5,7,9,11,13,15H,3,6,8H2,1-2H3. The van der Waals surface area contributed by atoms with Gasteiger partial charge in [0.1, 0.15) is 0 Å². The number of pyridine rings is 1. The SMILES string of the molecule is CCCNc1cccnc1S(=O)(=O)NC1CC1C. The zero-order chi connectivity index (χ0) is 13.2. The topological polar surface area (TPSA) is 71.1 Å². The van der Waals surface area contributed by atoms with E-state index in [9.17, 15) is 8.42 Å². The van der Waals surface area contributed by atoms with Crippen LogP contribution in [0.1, 0.15) is 26.7 Å². The van der Waals surface area contributed by atoms with Gasteiger partial charge in [-0.25, -0.2) is 18.1 Å². The van der Waals surface area contributed by atoms with Crippen LogP contribution in [0.25, 0.3) is 0 Å². The van der Waals surface area contributed by atoms with Gasteiger partial charge < -0.3 is 5.32 Å². The van der Waals surface area contributed by atoms with Crippen LogP contribution in [0.5, 0.6) is 0 Å². The van der Waals surface area contributed by atoms with E-state index >= 15 is 0 Å². The molecule has 100 valence electrons. The maximum atomic E-state index is 12.2. The number of nitrogens with one attached hydrogen (secondary N) is 2. The molecule has 6 heteroatoms. The Hall–Kier alpha value is -1.14. The molecule has 18 heavy (non-hydrogen) atoms. The molecule has 1 aliphatic carbocycles. The van der Waals surface area contributed by atoms with E-state index in [-0.39, 0.29) is 11.1 Å². The quantitative estimate of drug-likeness (QED) is 0.822. The number of hydrogen-bond donors (Lipinski definition) is 2. The van der Waals surface area contributed by atoms with Crippen LogP contribution in [0.2, 0.25) is 0 Å². The lowest BCUT2D eigenvalue weighted by molar-refractivity contribution is 0.575. The molecule has 0 saturated heterocycles. The van der Waals surface area contributed by atoms with Crippen LogP contribution in [0.15, 0.2) is 23.4 Å². The van der Waals surface area contributed by atoms with E-state index in [1.165, 1.54) is 6.20 Å². The number of aromatic nitrogens is 1. The van der Waals surface area contributed by atoms with Gasteiger partial charge in [0.15, 0.2) is 5.03 Å². The highest BCUT2D eigenvalue weighted by atomic mass is 32.2. The zero-order valence-electron chi connectivity index (χ0n) is 10.7. The number of anilines is 1. The lowest BCUT2D eigenvalue weighted by Gasteiger charge is -2.11. The van der Waals surface area contributed by atoms with E-state index in [1.807, 2.05) is 13.8 Å². The summed E-state index contributed by atoms with van der Waals surface area (Å²) < 4.78 is 27.1. The van der Waals surface area contributed by atoms with E-state index in [2.05, 4.69) is 15.0 Å². The maximum absolute atomic E-state index is 12.2. The van der Waals surface area contributed by atoms with Crippen molar-refractivity contribution in [3.8, 4) is 0 Å². The van der Waals surface area contributed by atoms with Gasteiger partial charge in [0.05, 0.1) is 5.69 Å². The molecule has 1 aromatic rings. The van der Waals surface area contributed by atoms with E-state index in [0.29, 0.717) is 11.6 Å². The summed E-state index contributed by atoms with van der Waals surface area (Å²) in [6.07, 6.45) is 3.34. The van der Waals surface area contributed by atoms with Crippen LogP contribution < -0.4 is 10.0 Å². The molecule has 2 atom stereocenters. The van der Waals surface area contributed by atoms with Crippen LogP contribution in [0, 0.1) is 5.92 Å². The average molecular weight is 269 g/mol. The fourth-order valence-electron chi connectivity index (χ4n) is 1.74. The predicted octanol–water partition coefficient (Wildman–Crippen LogP) is 1.59. The number of nitrogens with zero attached hydrogens (tertiary/aromatic N) is 1. The number of rotatable bonds is 6. The van der Waals surface area contributed by atoms with Crippen LogP contribution >= 0.6 is 0 Å². The highest BCUT2D eigenvalue weighted by Crippen LogP contribution is 2.31. The van der Waals surface area contributed by atoms with Crippen LogP contribution in [-0.4, -0.2) is 26.0 Å². The van der Waals surface area contributed by atoms with Crippen molar-refractivity contribution in [2.75, 3.05) is 11.9 Å². The van der Waals surface area contributed by atoms with Crippen molar-refractivity contribution in [2.24, 2.45) is 5.92 Å². The number of sulfonamides is 1. The van der Waals surface area contributed by atoms with Crippen LogP contribution in [-0.2, 0) is 10.0 Å². The molecule has 0 aliphatic heterocycles. The lowest BCUT2D eigenvalue weighted by atomic mass is 10.4. The second-order valence-electron chi connectivity index (χ2n) is 4.72. The van der Waals surface area contributed by atoms with Crippen molar-refractivity contribution in [1.29, 1.82) is 0 Å². The van der Waals surface area contributed by atoms with Crippen LogP contribution in [0.4, 0.5) is 5.69 Å². The van der Waals surface area contributed by atoms with Gasteiger partial charge >= 0.3 is 0 Å². The first kappa shape index (κ1) is 13.3. The summed E-state index contributed by atoms with van der Waals surface area (Å²) in [7, 11) is -3.51. The molecular formula is C12H19N3O2S. The van der Waals surface area contributed by atoms with Gasteiger partial charge in [0, 0.05) is 18.8 Å². The van der Waals surface area contributed by atoms with E-state index < -0.39 is 10.0 Å². The highest BCUT2D eigenvalue weighted by molar-refractivity contribution is 7.89. The van der Waals surface area contributed by atoms with E-state index in [0.717, 1.165) is 19.4 Å². The molecule has 0 radical (unpaired) electrons. The summed E-state index contributed by atoms with van der Waals surface area (Å²) in [6.45, 7) is 4.79. The molecule has 2 N–H and O–H groups in total. The molecule has 2 unspecified atom stereocenters. The van der Waals surface area contributed by atoms with Crippen LogP contribution in [0.3, 0.4) is 0 Å². The predicted molar refractivity (Wildman–Crippen MR) is 70.9 cm³/mol. The summed E-state index contributed by atoms with van der Waals surface area (Å²) in [5.41, 5.74) is 0.570. The van der Waals surface area contributed by atoms with Gasteiger partial charge in [-0.05, 0) is 30.9 Å². The maximum Gasteiger partial charge on any atom is 0.260 e. The first-order valence-corrected chi connectivity index (χ1v) is 7.74. The molecule has 1 saturated carbocycles. The molecule has 0 bridgehead atoms. The third kappa shape index (κ3) is 3.00. The average Bonchev–Trinajstić information content (AvgIpc) is 3.01. The highest BCUT2D eigenvalue weighted by Gasteiger charge is 2.37.